The molecule has 2 aliphatic rings. The molecule has 0 bridgehead atoms. The number of anilines is 1. The summed E-state index contributed by atoms with van der Waals surface area (Å²) < 4.78 is 21.2. The molecule has 12 heteroatoms. The average molecular weight is 622 g/mol. The van der Waals surface area contributed by atoms with Crippen LogP contribution in [0.5, 0.6) is 17.2 Å². The Morgan fingerprint density at radius 1 is 1.02 bits per heavy atom. The molecule has 1 aromatic heterocycles. The smallest absolute Gasteiger partial charge is 0.338 e. The number of Topliss-reactive ketones (excluding diaryl/α,β-unsaturated/α-hetero) is 1. The Morgan fingerprint density at radius 3 is 2.58 bits per heavy atom. The van der Waals surface area contributed by atoms with E-state index in [4.69, 9.17) is 18.9 Å². The van der Waals surface area contributed by atoms with Gasteiger partial charge in [-0.05, 0) is 66.7 Å². The fourth-order valence-corrected chi connectivity index (χ4v) is 5.94. The summed E-state index contributed by atoms with van der Waals surface area (Å²) in [6.07, 6.45) is -0.0981. The molecule has 1 saturated heterocycles. The van der Waals surface area contributed by atoms with E-state index in [1.807, 2.05) is 6.07 Å². The highest BCUT2D eigenvalue weighted by molar-refractivity contribution is 8.00. The van der Waals surface area contributed by atoms with Crippen LogP contribution in [-0.2, 0) is 14.3 Å². The number of amides is 2. The predicted octanol–water partition coefficient (Wildman–Crippen LogP) is 4.82. The first-order valence-corrected chi connectivity index (χ1v) is 14.5. The molecule has 2 aliphatic heterocycles. The van der Waals surface area contributed by atoms with Gasteiger partial charge in [0.15, 0.2) is 18.1 Å². The van der Waals surface area contributed by atoms with E-state index in [-0.39, 0.29) is 30.0 Å². The molecular formula is C33H23N3O8S. The summed E-state index contributed by atoms with van der Waals surface area (Å²) in [6, 6.07) is 23.2. The molecule has 45 heavy (non-hydrogen) atoms. The highest BCUT2D eigenvalue weighted by Crippen LogP contribution is 2.38. The van der Waals surface area contributed by atoms with Gasteiger partial charge in [-0.3, -0.25) is 14.4 Å². The topological polar surface area (TPSA) is 145 Å². The van der Waals surface area contributed by atoms with Crippen molar-refractivity contribution in [2.75, 3.05) is 25.4 Å². The highest BCUT2D eigenvalue weighted by atomic mass is 32.2. The summed E-state index contributed by atoms with van der Waals surface area (Å²) >= 11 is 1.05. The van der Waals surface area contributed by atoms with Gasteiger partial charge in [0.25, 0.3) is 0 Å². The van der Waals surface area contributed by atoms with E-state index in [0.29, 0.717) is 33.5 Å². The van der Waals surface area contributed by atoms with E-state index < -0.39 is 35.4 Å². The first kappa shape index (κ1) is 29.4. The lowest BCUT2D eigenvalue weighted by atomic mass is 10.1. The summed E-state index contributed by atoms with van der Waals surface area (Å²) in [4.78, 5) is 57.1. The Labute approximate surface area is 261 Å². The zero-order valence-corrected chi connectivity index (χ0v) is 24.5. The van der Waals surface area contributed by atoms with Crippen molar-refractivity contribution in [2.24, 2.45) is 0 Å². The Morgan fingerprint density at radius 2 is 1.80 bits per heavy atom. The van der Waals surface area contributed by atoms with Crippen LogP contribution in [0.15, 0.2) is 83.9 Å². The zero-order valence-electron chi connectivity index (χ0n) is 23.7. The first-order valence-electron chi connectivity index (χ1n) is 13.6. The molecule has 3 heterocycles. The third-order valence-corrected chi connectivity index (χ3v) is 8.30. The monoisotopic (exact) mass is 621 g/mol. The van der Waals surface area contributed by atoms with Gasteiger partial charge in [0.1, 0.15) is 16.8 Å². The Kier molecular flexibility index (Phi) is 8.18. The number of benzene rings is 3. The number of carbonyl (C=O) groups is 4. The van der Waals surface area contributed by atoms with Gasteiger partial charge in [-0.1, -0.05) is 23.9 Å². The maximum absolute atomic E-state index is 13.4. The fraction of sp³-hybridized carbons (Fsp3) is 0.152. The third kappa shape index (κ3) is 5.93. The Bertz CT molecular complexity index is 1890. The molecule has 2 amide bonds. The summed E-state index contributed by atoms with van der Waals surface area (Å²) in [5.74, 6) is -0.486. The average Bonchev–Trinajstić information content (AvgIpc) is 3.66. The second-order valence-corrected chi connectivity index (χ2v) is 11.0. The second-order valence-electron chi connectivity index (χ2n) is 9.85. The van der Waals surface area contributed by atoms with Crippen LogP contribution in [0.25, 0.3) is 11.3 Å². The Hall–Kier alpha value is -5.67. The number of imide groups is 1. The van der Waals surface area contributed by atoms with E-state index >= 15 is 0 Å². The van der Waals surface area contributed by atoms with Gasteiger partial charge >= 0.3 is 5.97 Å². The van der Waals surface area contributed by atoms with Crippen LogP contribution in [0.1, 0.15) is 32.7 Å². The number of esters is 1. The zero-order chi connectivity index (χ0) is 31.5. The number of thioether (sulfide) groups is 1. The van der Waals surface area contributed by atoms with Gasteiger partial charge in [0.05, 0.1) is 40.4 Å². The van der Waals surface area contributed by atoms with Crippen molar-refractivity contribution in [1.29, 1.82) is 5.26 Å². The maximum Gasteiger partial charge on any atom is 0.338 e. The number of carbonyl (C=O) groups excluding carboxylic acids is 4. The quantitative estimate of drug-likeness (QED) is 0.144. The number of nitrogens with zero attached hydrogens (tertiary/aromatic N) is 3. The SMILES string of the molecule is COc1ccccc1C(=O)COC(=O)c1ccc(N2C(=O)CC(Sc3nc(-c4ccc5c(c4)OCO5)ccc3C#N)C2=O)cc1. The molecule has 0 radical (unpaired) electrons. The van der Waals surface area contributed by atoms with Crippen LogP contribution in [0.2, 0.25) is 0 Å². The summed E-state index contributed by atoms with van der Waals surface area (Å²) in [7, 11) is 1.44. The van der Waals surface area contributed by atoms with Crippen LogP contribution in [0.4, 0.5) is 5.69 Å². The number of para-hydroxylation sites is 1. The van der Waals surface area contributed by atoms with Crippen molar-refractivity contribution < 1.29 is 38.1 Å². The number of rotatable bonds is 9. The number of fused-ring (bicyclic) bond motifs is 1. The molecule has 1 atom stereocenters. The number of hydrogen-bond acceptors (Lipinski definition) is 11. The van der Waals surface area contributed by atoms with Crippen LogP contribution >= 0.6 is 11.8 Å². The van der Waals surface area contributed by atoms with Crippen LogP contribution < -0.4 is 19.1 Å². The minimum absolute atomic E-state index is 0.0981. The normalized spacial score (nSPS) is 15.1. The molecular weight excluding hydrogens is 598 g/mol. The minimum atomic E-state index is -0.810. The number of pyridine rings is 1. The summed E-state index contributed by atoms with van der Waals surface area (Å²) in [5, 5.41) is 9.20. The molecule has 11 nitrogen and oxygen atoms in total. The van der Waals surface area contributed by atoms with Crippen LogP contribution in [0.3, 0.4) is 0 Å². The standard InChI is InChI=1S/C33H23N3O8S/c1-41-26-5-3-2-4-23(26)25(37)17-42-33(40)19-6-10-22(11-7-19)36-30(38)15-29(32(36)39)45-31-21(16-34)8-12-24(35-31)20-9-13-27-28(14-20)44-18-43-27/h2-14,29H,15,17-18H2,1H3. The number of nitriles is 1. The van der Waals surface area contributed by atoms with Gasteiger partial charge in [-0.2, -0.15) is 5.26 Å². The number of aromatic nitrogens is 1. The van der Waals surface area contributed by atoms with E-state index in [9.17, 15) is 24.4 Å². The predicted molar refractivity (Wildman–Crippen MR) is 161 cm³/mol. The van der Waals surface area contributed by atoms with Gasteiger partial charge in [0.2, 0.25) is 24.4 Å². The highest BCUT2D eigenvalue weighted by Gasteiger charge is 2.41. The van der Waals surface area contributed by atoms with Crippen molar-refractivity contribution >= 4 is 41.0 Å². The molecule has 4 aromatic rings. The number of methoxy groups -OCH3 is 1. The fourth-order valence-electron chi connectivity index (χ4n) is 4.85. The molecule has 3 aromatic carbocycles. The van der Waals surface area contributed by atoms with Gasteiger partial charge < -0.3 is 18.9 Å². The van der Waals surface area contributed by atoms with Crippen LogP contribution in [0, 0.1) is 11.3 Å². The molecule has 0 saturated carbocycles. The first-order chi connectivity index (χ1) is 21.9. The lowest BCUT2D eigenvalue weighted by Crippen LogP contribution is -2.31. The van der Waals surface area contributed by atoms with Crippen molar-refractivity contribution in [2.45, 2.75) is 16.7 Å². The van der Waals surface area contributed by atoms with Crippen molar-refractivity contribution in [1.82, 2.24) is 4.98 Å². The maximum atomic E-state index is 13.4. The minimum Gasteiger partial charge on any atom is -0.496 e. The lowest BCUT2D eigenvalue weighted by Gasteiger charge is -2.15. The van der Waals surface area contributed by atoms with Gasteiger partial charge in [0, 0.05) is 12.0 Å². The lowest BCUT2D eigenvalue weighted by molar-refractivity contribution is -0.121. The van der Waals surface area contributed by atoms with E-state index in [2.05, 4.69) is 11.1 Å². The molecule has 0 spiro atoms. The van der Waals surface area contributed by atoms with E-state index in [1.54, 1.807) is 48.5 Å². The molecule has 6 rings (SSSR count). The van der Waals surface area contributed by atoms with Crippen molar-refractivity contribution in [3.8, 4) is 34.6 Å². The van der Waals surface area contributed by atoms with Crippen molar-refractivity contribution in [3.05, 3.63) is 95.6 Å². The Balaban J connectivity index is 1.13. The van der Waals surface area contributed by atoms with Crippen LogP contribution in [-0.4, -0.2) is 54.3 Å². The van der Waals surface area contributed by atoms with Gasteiger partial charge in [-0.15, -0.1) is 0 Å². The van der Waals surface area contributed by atoms with E-state index in [1.165, 1.54) is 31.4 Å². The van der Waals surface area contributed by atoms with E-state index in [0.717, 1.165) is 22.2 Å². The molecule has 1 fully saturated rings. The number of ketones is 1. The summed E-state index contributed by atoms with van der Waals surface area (Å²) in [5.41, 5.74) is 2.28. The largest absolute Gasteiger partial charge is 0.496 e. The summed E-state index contributed by atoms with van der Waals surface area (Å²) in [6.45, 7) is -0.356. The molecule has 224 valence electrons. The number of hydrogen-bond donors (Lipinski definition) is 0. The molecule has 0 N–H and O–H groups in total. The van der Waals surface area contributed by atoms with Crippen molar-refractivity contribution in [3.63, 3.8) is 0 Å². The molecule has 1 unspecified atom stereocenters. The van der Waals surface area contributed by atoms with Gasteiger partial charge in [-0.25, -0.2) is 14.7 Å². The molecule has 0 aliphatic carbocycles. The number of ether oxygens (including phenoxy) is 4. The second kappa shape index (κ2) is 12.5. The third-order valence-electron chi connectivity index (χ3n) is 7.11.